The third-order valence-corrected chi connectivity index (χ3v) is 2.23. The number of nitrogens with two attached hydrogens (primary N) is 1. The Morgan fingerprint density at radius 2 is 2.14 bits per heavy atom. The summed E-state index contributed by atoms with van der Waals surface area (Å²) < 4.78 is 5.12. The lowest BCUT2D eigenvalue weighted by molar-refractivity contribution is 0.284. The standard InChI is InChI=1S/C11H17NO2/c1-14-10-7-4-6-9(11(10)12)5-2-3-8-13/h4,6-7,13H,2-3,5,8,12H2,1H3. The lowest BCUT2D eigenvalue weighted by Gasteiger charge is -2.09. The van der Waals surface area contributed by atoms with E-state index in [1.807, 2.05) is 18.2 Å². The van der Waals surface area contributed by atoms with Crippen molar-refractivity contribution in [1.29, 1.82) is 0 Å². The molecule has 0 unspecified atom stereocenters. The van der Waals surface area contributed by atoms with Crippen molar-refractivity contribution in [3.05, 3.63) is 23.8 Å². The van der Waals surface area contributed by atoms with Crippen molar-refractivity contribution in [1.82, 2.24) is 0 Å². The molecule has 0 aliphatic rings. The van der Waals surface area contributed by atoms with Crippen LogP contribution in [0.2, 0.25) is 0 Å². The maximum Gasteiger partial charge on any atom is 0.142 e. The fourth-order valence-corrected chi connectivity index (χ4v) is 1.41. The highest BCUT2D eigenvalue weighted by Crippen LogP contribution is 2.25. The van der Waals surface area contributed by atoms with Crippen LogP contribution in [0.5, 0.6) is 5.75 Å². The Hall–Kier alpha value is -1.22. The number of ether oxygens (including phenoxy) is 1. The van der Waals surface area contributed by atoms with Gasteiger partial charge in [-0.2, -0.15) is 0 Å². The molecule has 0 aliphatic carbocycles. The molecule has 14 heavy (non-hydrogen) atoms. The molecule has 0 heterocycles. The molecule has 0 fully saturated rings. The van der Waals surface area contributed by atoms with Crippen molar-refractivity contribution in [2.75, 3.05) is 19.5 Å². The van der Waals surface area contributed by atoms with Gasteiger partial charge in [0.25, 0.3) is 0 Å². The second-order valence-corrected chi connectivity index (χ2v) is 3.21. The van der Waals surface area contributed by atoms with Crippen LogP contribution < -0.4 is 10.5 Å². The zero-order valence-corrected chi connectivity index (χ0v) is 8.49. The van der Waals surface area contributed by atoms with E-state index in [0.717, 1.165) is 30.6 Å². The van der Waals surface area contributed by atoms with E-state index >= 15 is 0 Å². The molecule has 3 heteroatoms. The molecule has 0 amide bonds. The number of aliphatic hydroxyl groups is 1. The molecule has 0 aliphatic heterocycles. The number of rotatable bonds is 5. The summed E-state index contributed by atoms with van der Waals surface area (Å²) in [6, 6.07) is 5.78. The number of nitrogen functional groups attached to an aromatic ring is 1. The first-order valence-electron chi connectivity index (χ1n) is 4.81. The lowest BCUT2D eigenvalue weighted by Crippen LogP contribution is -1.98. The van der Waals surface area contributed by atoms with Gasteiger partial charge in [-0.15, -0.1) is 0 Å². The largest absolute Gasteiger partial charge is 0.495 e. The summed E-state index contributed by atoms with van der Waals surface area (Å²) in [5.74, 6) is 0.728. The average Bonchev–Trinajstić information content (AvgIpc) is 2.21. The third kappa shape index (κ3) is 2.64. The minimum Gasteiger partial charge on any atom is -0.495 e. The molecule has 0 atom stereocenters. The number of para-hydroxylation sites is 1. The Morgan fingerprint density at radius 3 is 2.79 bits per heavy atom. The summed E-state index contributed by atoms with van der Waals surface area (Å²) in [5, 5.41) is 8.66. The molecule has 0 spiro atoms. The summed E-state index contributed by atoms with van der Waals surface area (Å²) in [5.41, 5.74) is 7.70. The highest BCUT2D eigenvalue weighted by molar-refractivity contribution is 5.58. The van der Waals surface area contributed by atoms with E-state index in [-0.39, 0.29) is 6.61 Å². The van der Waals surface area contributed by atoms with Gasteiger partial charge in [-0.25, -0.2) is 0 Å². The SMILES string of the molecule is COc1cccc(CCCCO)c1N. The van der Waals surface area contributed by atoms with Crippen LogP contribution in [0, 0.1) is 0 Å². The zero-order valence-electron chi connectivity index (χ0n) is 8.49. The fraction of sp³-hybridized carbons (Fsp3) is 0.455. The van der Waals surface area contributed by atoms with Crippen LogP contribution in [-0.2, 0) is 6.42 Å². The minimum atomic E-state index is 0.240. The van der Waals surface area contributed by atoms with Gasteiger partial charge in [0.15, 0.2) is 0 Å². The first-order valence-corrected chi connectivity index (χ1v) is 4.81. The summed E-state index contributed by atoms with van der Waals surface area (Å²) in [4.78, 5) is 0. The van der Waals surface area contributed by atoms with Crippen LogP contribution in [0.15, 0.2) is 18.2 Å². The second kappa shape index (κ2) is 5.50. The van der Waals surface area contributed by atoms with E-state index in [9.17, 15) is 0 Å². The quantitative estimate of drug-likeness (QED) is 0.554. The molecule has 0 saturated heterocycles. The van der Waals surface area contributed by atoms with Gasteiger partial charge in [0.05, 0.1) is 12.8 Å². The highest BCUT2D eigenvalue weighted by Gasteiger charge is 2.03. The molecule has 0 saturated carbocycles. The van der Waals surface area contributed by atoms with E-state index in [2.05, 4.69) is 0 Å². The molecule has 3 N–H and O–H groups in total. The monoisotopic (exact) mass is 195 g/mol. The molecule has 1 aromatic rings. The van der Waals surface area contributed by atoms with Crippen LogP contribution in [0.25, 0.3) is 0 Å². The van der Waals surface area contributed by atoms with Crippen molar-refractivity contribution in [3.63, 3.8) is 0 Å². The highest BCUT2D eigenvalue weighted by atomic mass is 16.5. The van der Waals surface area contributed by atoms with Crippen LogP contribution >= 0.6 is 0 Å². The lowest BCUT2D eigenvalue weighted by atomic mass is 10.1. The first kappa shape index (κ1) is 10.9. The Kier molecular flexibility index (Phi) is 4.26. The fourth-order valence-electron chi connectivity index (χ4n) is 1.41. The molecule has 1 rings (SSSR count). The minimum absolute atomic E-state index is 0.240. The van der Waals surface area contributed by atoms with E-state index in [0.29, 0.717) is 5.69 Å². The van der Waals surface area contributed by atoms with Gasteiger partial charge in [-0.3, -0.25) is 0 Å². The van der Waals surface area contributed by atoms with Gasteiger partial charge in [-0.05, 0) is 30.9 Å². The van der Waals surface area contributed by atoms with Crippen molar-refractivity contribution in [2.24, 2.45) is 0 Å². The summed E-state index contributed by atoms with van der Waals surface area (Å²) in [7, 11) is 1.61. The molecule has 0 aromatic heterocycles. The number of benzene rings is 1. The number of unbranched alkanes of at least 4 members (excludes halogenated alkanes) is 1. The van der Waals surface area contributed by atoms with Crippen molar-refractivity contribution < 1.29 is 9.84 Å². The number of hydrogen-bond donors (Lipinski definition) is 2. The molecule has 0 bridgehead atoms. The Bertz CT molecular complexity index is 287. The van der Waals surface area contributed by atoms with Gasteiger partial charge in [0.1, 0.15) is 5.75 Å². The van der Waals surface area contributed by atoms with Crippen molar-refractivity contribution in [3.8, 4) is 5.75 Å². The molecule has 3 nitrogen and oxygen atoms in total. The third-order valence-electron chi connectivity index (χ3n) is 2.23. The van der Waals surface area contributed by atoms with Gasteiger partial charge in [-0.1, -0.05) is 12.1 Å². The Labute approximate surface area is 84.5 Å². The van der Waals surface area contributed by atoms with Crippen molar-refractivity contribution in [2.45, 2.75) is 19.3 Å². The Morgan fingerprint density at radius 1 is 1.36 bits per heavy atom. The zero-order chi connectivity index (χ0) is 10.4. The molecule has 0 radical (unpaired) electrons. The predicted octanol–water partition coefficient (Wildman–Crippen LogP) is 1.59. The number of aliphatic hydroxyl groups excluding tert-OH is 1. The topological polar surface area (TPSA) is 55.5 Å². The van der Waals surface area contributed by atoms with Crippen LogP contribution in [0.1, 0.15) is 18.4 Å². The average molecular weight is 195 g/mol. The number of aryl methyl sites for hydroxylation is 1. The maximum atomic E-state index is 8.66. The normalized spacial score (nSPS) is 10.1. The number of hydrogen-bond acceptors (Lipinski definition) is 3. The van der Waals surface area contributed by atoms with Gasteiger partial charge in [0.2, 0.25) is 0 Å². The van der Waals surface area contributed by atoms with Crippen LogP contribution in [0.4, 0.5) is 5.69 Å². The molecular formula is C11H17NO2. The smallest absolute Gasteiger partial charge is 0.142 e. The predicted molar refractivity (Wildman–Crippen MR) is 57.4 cm³/mol. The van der Waals surface area contributed by atoms with Gasteiger partial charge < -0.3 is 15.6 Å². The van der Waals surface area contributed by atoms with E-state index in [1.54, 1.807) is 7.11 Å². The summed E-state index contributed by atoms with van der Waals surface area (Å²) in [6.07, 6.45) is 2.66. The summed E-state index contributed by atoms with van der Waals surface area (Å²) >= 11 is 0. The molecule has 1 aromatic carbocycles. The maximum absolute atomic E-state index is 8.66. The van der Waals surface area contributed by atoms with Gasteiger partial charge >= 0.3 is 0 Å². The number of methoxy groups -OCH3 is 1. The van der Waals surface area contributed by atoms with Crippen molar-refractivity contribution >= 4 is 5.69 Å². The first-order chi connectivity index (χ1) is 6.79. The van der Waals surface area contributed by atoms with Crippen LogP contribution in [-0.4, -0.2) is 18.8 Å². The Balaban J connectivity index is 2.66. The number of anilines is 1. The molecular weight excluding hydrogens is 178 g/mol. The summed E-state index contributed by atoms with van der Waals surface area (Å²) in [6.45, 7) is 0.240. The van der Waals surface area contributed by atoms with E-state index in [1.165, 1.54) is 0 Å². The van der Waals surface area contributed by atoms with Crippen LogP contribution in [0.3, 0.4) is 0 Å². The van der Waals surface area contributed by atoms with E-state index < -0.39 is 0 Å². The van der Waals surface area contributed by atoms with E-state index in [4.69, 9.17) is 15.6 Å². The second-order valence-electron chi connectivity index (χ2n) is 3.21. The molecule has 78 valence electrons. The van der Waals surface area contributed by atoms with Gasteiger partial charge in [0, 0.05) is 6.61 Å².